The molecule has 1 heterocycles. The van der Waals surface area contributed by atoms with E-state index in [1.165, 1.54) is 24.3 Å². The molecule has 4 heteroatoms. The Morgan fingerprint density at radius 2 is 2.12 bits per heavy atom. The molecule has 0 amide bonds. The van der Waals surface area contributed by atoms with Crippen LogP contribution >= 0.6 is 0 Å². The second-order valence-electron chi connectivity index (χ2n) is 4.21. The molecule has 0 spiro atoms. The normalized spacial score (nSPS) is 15.1. The summed E-state index contributed by atoms with van der Waals surface area (Å²) in [5, 5.41) is 0.562. The van der Waals surface area contributed by atoms with E-state index in [2.05, 4.69) is 0 Å². The molecule has 0 saturated carbocycles. The van der Waals surface area contributed by atoms with Gasteiger partial charge in [0, 0.05) is 11.9 Å². The van der Waals surface area contributed by atoms with E-state index in [1.54, 1.807) is 0 Å². The minimum atomic E-state index is -1.66. The smallest absolute Gasteiger partial charge is 0.180 e. The first-order valence-electron chi connectivity index (χ1n) is 5.67. The van der Waals surface area contributed by atoms with Crippen LogP contribution in [0.4, 0.5) is 8.78 Å². The summed E-state index contributed by atoms with van der Waals surface area (Å²) >= 11 is 0. The summed E-state index contributed by atoms with van der Waals surface area (Å²) < 4.78 is 32.9. The zero-order valence-electron chi connectivity index (χ0n) is 9.67. The van der Waals surface area contributed by atoms with Crippen LogP contribution < -0.4 is 5.73 Å². The molecule has 1 aromatic carbocycles. The van der Waals surface area contributed by atoms with Crippen molar-refractivity contribution < 1.29 is 13.2 Å². The van der Waals surface area contributed by atoms with Crippen molar-refractivity contribution in [3.8, 4) is 0 Å². The fourth-order valence-electron chi connectivity index (χ4n) is 1.96. The highest BCUT2D eigenvalue weighted by molar-refractivity contribution is 5.78. The molecule has 0 radical (unpaired) electrons. The van der Waals surface area contributed by atoms with Gasteiger partial charge >= 0.3 is 0 Å². The van der Waals surface area contributed by atoms with Crippen LogP contribution in [0.2, 0.25) is 0 Å². The maximum atomic E-state index is 14.5. The van der Waals surface area contributed by atoms with Crippen LogP contribution in [-0.2, 0) is 5.67 Å². The highest BCUT2D eigenvalue weighted by Crippen LogP contribution is 2.34. The third-order valence-corrected chi connectivity index (χ3v) is 2.89. The summed E-state index contributed by atoms with van der Waals surface area (Å²) in [5.41, 5.74) is 4.28. The molecule has 17 heavy (non-hydrogen) atoms. The van der Waals surface area contributed by atoms with Crippen molar-refractivity contribution in [1.29, 1.82) is 0 Å². The monoisotopic (exact) mass is 239 g/mol. The van der Waals surface area contributed by atoms with Crippen molar-refractivity contribution in [2.75, 3.05) is 6.54 Å². The molecule has 0 saturated heterocycles. The van der Waals surface area contributed by atoms with Crippen molar-refractivity contribution in [2.45, 2.75) is 25.4 Å². The fraction of sp³-hybridized carbons (Fsp3) is 0.385. The molecule has 1 atom stereocenters. The quantitative estimate of drug-likeness (QED) is 0.886. The van der Waals surface area contributed by atoms with Gasteiger partial charge in [-0.05, 0) is 30.7 Å². The first-order chi connectivity index (χ1) is 8.09. The number of furan rings is 1. The molecule has 0 bridgehead atoms. The average Bonchev–Trinajstić information content (AvgIpc) is 2.72. The van der Waals surface area contributed by atoms with Crippen molar-refractivity contribution >= 4 is 11.0 Å². The lowest BCUT2D eigenvalue weighted by molar-refractivity contribution is 0.128. The van der Waals surface area contributed by atoms with Gasteiger partial charge in [0.2, 0.25) is 0 Å². The second kappa shape index (κ2) is 4.45. The molecule has 1 unspecified atom stereocenters. The van der Waals surface area contributed by atoms with Crippen molar-refractivity contribution in [2.24, 2.45) is 5.73 Å². The van der Waals surface area contributed by atoms with Crippen LogP contribution in [0, 0.1) is 5.82 Å². The van der Waals surface area contributed by atoms with Crippen molar-refractivity contribution in [3.63, 3.8) is 0 Å². The number of rotatable bonds is 4. The maximum Gasteiger partial charge on any atom is 0.180 e. The van der Waals surface area contributed by atoms with Gasteiger partial charge in [-0.25, -0.2) is 8.78 Å². The molecule has 2 N–H and O–H groups in total. The number of hydrogen-bond donors (Lipinski definition) is 1. The Labute approximate surface area is 98.4 Å². The molecule has 2 aromatic rings. The topological polar surface area (TPSA) is 39.2 Å². The minimum absolute atomic E-state index is 0.136. The van der Waals surface area contributed by atoms with Crippen molar-refractivity contribution in [1.82, 2.24) is 0 Å². The average molecular weight is 239 g/mol. The van der Waals surface area contributed by atoms with Gasteiger partial charge in [0.15, 0.2) is 5.67 Å². The number of benzene rings is 1. The Morgan fingerprint density at radius 1 is 1.35 bits per heavy atom. The van der Waals surface area contributed by atoms with Gasteiger partial charge in [0.05, 0.1) is 0 Å². The molecule has 92 valence electrons. The SMILES string of the molecule is CCCC(F)(CN)c1cc2cc(F)ccc2o1. The van der Waals surface area contributed by atoms with Gasteiger partial charge in [-0.1, -0.05) is 13.3 Å². The van der Waals surface area contributed by atoms with Crippen LogP contribution in [0.3, 0.4) is 0 Å². The zero-order valence-corrected chi connectivity index (χ0v) is 9.67. The standard InChI is InChI=1S/C13H15F2NO/c1-2-5-13(15,8-16)12-7-9-6-10(14)3-4-11(9)17-12/h3-4,6-7H,2,5,8,16H2,1H3. The number of nitrogens with two attached hydrogens (primary N) is 1. The Bertz CT molecular complexity index is 523. The third-order valence-electron chi connectivity index (χ3n) is 2.89. The van der Waals surface area contributed by atoms with Crippen LogP contribution in [0.5, 0.6) is 0 Å². The highest BCUT2D eigenvalue weighted by atomic mass is 19.1. The minimum Gasteiger partial charge on any atom is -0.458 e. The van der Waals surface area contributed by atoms with E-state index in [0.29, 0.717) is 23.8 Å². The van der Waals surface area contributed by atoms with E-state index in [0.717, 1.165) is 0 Å². The van der Waals surface area contributed by atoms with E-state index in [9.17, 15) is 8.78 Å². The zero-order chi connectivity index (χ0) is 12.5. The lowest BCUT2D eigenvalue weighted by atomic mass is 9.97. The lowest BCUT2D eigenvalue weighted by Gasteiger charge is -2.19. The summed E-state index contributed by atoms with van der Waals surface area (Å²) in [6.07, 6.45) is 0.963. The summed E-state index contributed by atoms with van der Waals surface area (Å²) in [4.78, 5) is 0. The number of fused-ring (bicyclic) bond motifs is 1. The van der Waals surface area contributed by atoms with Gasteiger partial charge in [0.1, 0.15) is 17.2 Å². The van der Waals surface area contributed by atoms with Gasteiger partial charge < -0.3 is 10.2 Å². The summed E-state index contributed by atoms with van der Waals surface area (Å²) in [6.45, 7) is 1.75. The molecular weight excluding hydrogens is 224 g/mol. The Kier molecular flexibility index (Phi) is 3.15. The Hall–Kier alpha value is -1.42. The Balaban J connectivity index is 2.48. The Morgan fingerprint density at radius 3 is 2.76 bits per heavy atom. The first-order valence-corrected chi connectivity index (χ1v) is 5.67. The highest BCUT2D eigenvalue weighted by Gasteiger charge is 2.33. The summed E-state index contributed by atoms with van der Waals surface area (Å²) in [5.74, 6) is -0.181. The molecule has 2 rings (SSSR count). The van der Waals surface area contributed by atoms with Gasteiger partial charge in [-0.15, -0.1) is 0 Å². The summed E-state index contributed by atoms with van der Waals surface area (Å²) in [7, 11) is 0. The van der Waals surface area contributed by atoms with E-state index in [4.69, 9.17) is 10.2 Å². The largest absolute Gasteiger partial charge is 0.458 e. The molecule has 2 nitrogen and oxygen atoms in total. The maximum absolute atomic E-state index is 14.5. The van der Waals surface area contributed by atoms with E-state index in [1.807, 2.05) is 6.92 Å². The van der Waals surface area contributed by atoms with Gasteiger partial charge in [0.25, 0.3) is 0 Å². The van der Waals surface area contributed by atoms with Crippen LogP contribution in [-0.4, -0.2) is 6.54 Å². The second-order valence-corrected chi connectivity index (χ2v) is 4.21. The molecule has 0 aliphatic heterocycles. The predicted molar refractivity (Wildman–Crippen MR) is 62.9 cm³/mol. The molecule has 0 fully saturated rings. The van der Waals surface area contributed by atoms with E-state index < -0.39 is 5.67 Å². The van der Waals surface area contributed by atoms with Crippen LogP contribution in [0.25, 0.3) is 11.0 Å². The van der Waals surface area contributed by atoms with Crippen LogP contribution in [0.1, 0.15) is 25.5 Å². The molecule has 0 aliphatic rings. The van der Waals surface area contributed by atoms with Gasteiger partial charge in [-0.2, -0.15) is 0 Å². The number of hydrogen-bond acceptors (Lipinski definition) is 2. The fourth-order valence-corrected chi connectivity index (χ4v) is 1.96. The molecular formula is C13H15F2NO. The molecule has 0 aliphatic carbocycles. The van der Waals surface area contributed by atoms with Gasteiger partial charge in [-0.3, -0.25) is 0 Å². The number of alkyl halides is 1. The molecule has 1 aromatic heterocycles. The van der Waals surface area contributed by atoms with E-state index in [-0.39, 0.29) is 18.1 Å². The summed E-state index contributed by atoms with van der Waals surface area (Å²) in [6, 6.07) is 5.64. The van der Waals surface area contributed by atoms with E-state index >= 15 is 0 Å². The van der Waals surface area contributed by atoms with Crippen LogP contribution in [0.15, 0.2) is 28.7 Å². The first kappa shape index (κ1) is 12.0. The third kappa shape index (κ3) is 2.17. The lowest BCUT2D eigenvalue weighted by Crippen LogP contribution is -2.29. The van der Waals surface area contributed by atoms with Crippen molar-refractivity contribution in [3.05, 3.63) is 35.8 Å². The predicted octanol–water partition coefficient (Wildman–Crippen LogP) is 3.50. The number of halogens is 2.